The summed E-state index contributed by atoms with van der Waals surface area (Å²) in [7, 11) is 0. The van der Waals surface area contributed by atoms with Crippen molar-refractivity contribution >= 4 is 0 Å². The van der Waals surface area contributed by atoms with Gasteiger partial charge >= 0.3 is 0 Å². The third-order valence-corrected chi connectivity index (χ3v) is 3.62. The SMILES string of the molecule is Cc1nc(CNC2CCCc3occc32)oc1C. The molecule has 1 N–H and O–H groups in total. The van der Waals surface area contributed by atoms with Crippen molar-refractivity contribution in [2.75, 3.05) is 0 Å². The van der Waals surface area contributed by atoms with Gasteiger partial charge < -0.3 is 14.2 Å². The monoisotopic (exact) mass is 246 g/mol. The molecule has 0 aliphatic heterocycles. The number of oxazole rings is 1. The molecule has 0 spiro atoms. The molecule has 2 heterocycles. The van der Waals surface area contributed by atoms with E-state index in [1.54, 1.807) is 6.26 Å². The Morgan fingerprint density at radius 2 is 2.33 bits per heavy atom. The van der Waals surface area contributed by atoms with E-state index in [0.29, 0.717) is 12.6 Å². The Morgan fingerprint density at radius 1 is 1.44 bits per heavy atom. The van der Waals surface area contributed by atoms with E-state index in [0.717, 1.165) is 35.9 Å². The fourth-order valence-corrected chi connectivity index (χ4v) is 2.52. The van der Waals surface area contributed by atoms with Gasteiger partial charge in [0.1, 0.15) is 11.5 Å². The largest absolute Gasteiger partial charge is 0.469 e. The smallest absolute Gasteiger partial charge is 0.208 e. The van der Waals surface area contributed by atoms with E-state index in [2.05, 4.69) is 16.4 Å². The lowest BCUT2D eigenvalue weighted by molar-refractivity contribution is 0.382. The van der Waals surface area contributed by atoms with Crippen molar-refractivity contribution < 1.29 is 8.83 Å². The van der Waals surface area contributed by atoms with Crippen molar-refractivity contribution in [3.63, 3.8) is 0 Å². The summed E-state index contributed by atoms with van der Waals surface area (Å²) in [6.45, 7) is 4.59. The van der Waals surface area contributed by atoms with Crippen LogP contribution in [0.4, 0.5) is 0 Å². The number of aryl methyl sites for hydroxylation is 3. The van der Waals surface area contributed by atoms with Gasteiger partial charge in [-0.05, 0) is 32.8 Å². The zero-order valence-corrected chi connectivity index (χ0v) is 10.8. The Bertz CT molecular complexity index is 522. The summed E-state index contributed by atoms with van der Waals surface area (Å²) in [6, 6.07) is 2.43. The van der Waals surface area contributed by atoms with Gasteiger partial charge in [0, 0.05) is 18.0 Å². The number of furan rings is 1. The lowest BCUT2D eigenvalue weighted by atomic mass is 9.93. The molecular weight excluding hydrogens is 228 g/mol. The van der Waals surface area contributed by atoms with Crippen molar-refractivity contribution in [2.45, 2.75) is 45.7 Å². The van der Waals surface area contributed by atoms with Crippen molar-refractivity contribution in [3.8, 4) is 0 Å². The molecule has 0 aromatic carbocycles. The minimum Gasteiger partial charge on any atom is -0.469 e. The van der Waals surface area contributed by atoms with E-state index in [9.17, 15) is 0 Å². The molecule has 0 bridgehead atoms. The standard InChI is InChI=1S/C14H18N2O2/c1-9-10(2)18-14(16-9)8-15-12-4-3-5-13-11(12)6-7-17-13/h6-7,12,15H,3-5,8H2,1-2H3. The lowest BCUT2D eigenvalue weighted by Crippen LogP contribution is -2.24. The number of aromatic nitrogens is 1. The van der Waals surface area contributed by atoms with E-state index in [-0.39, 0.29) is 0 Å². The minimum atomic E-state index is 0.361. The Balaban J connectivity index is 1.68. The zero-order valence-electron chi connectivity index (χ0n) is 10.8. The molecule has 18 heavy (non-hydrogen) atoms. The Labute approximate surface area is 106 Å². The summed E-state index contributed by atoms with van der Waals surface area (Å²) in [4.78, 5) is 4.39. The van der Waals surface area contributed by atoms with Gasteiger partial charge in [0.25, 0.3) is 0 Å². The second-order valence-corrected chi connectivity index (χ2v) is 4.87. The quantitative estimate of drug-likeness (QED) is 0.904. The molecular formula is C14H18N2O2. The molecule has 0 saturated heterocycles. The van der Waals surface area contributed by atoms with E-state index >= 15 is 0 Å². The molecule has 0 radical (unpaired) electrons. The van der Waals surface area contributed by atoms with Crippen LogP contribution in [-0.2, 0) is 13.0 Å². The van der Waals surface area contributed by atoms with Gasteiger partial charge in [-0.25, -0.2) is 4.98 Å². The molecule has 4 nitrogen and oxygen atoms in total. The lowest BCUT2D eigenvalue weighted by Gasteiger charge is -2.22. The normalized spacial score (nSPS) is 18.9. The molecule has 0 fully saturated rings. The molecule has 2 aromatic heterocycles. The molecule has 2 aromatic rings. The topological polar surface area (TPSA) is 51.2 Å². The number of nitrogens with one attached hydrogen (secondary N) is 1. The summed E-state index contributed by atoms with van der Waals surface area (Å²) < 4.78 is 11.1. The van der Waals surface area contributed by atoms with Gasteiger partial charge in [0.05, 0.1) is 18.5 Å². The van der Waals surface area contributed by atoms with Gasteiger partial charge in [-0.15, -0.1) is 0 Å². The highest BCUT2D eigenvalue weighted by atomic mass is 16.4. The van der Waals surface area contributed by atoms with Gasteiger partial charge in [0.2, 0.25) is 5.89 Å². The van der Waals surface area contributed by atoms with E-state index in [1.165, 1.54) is 12.0 Å². The second kappa shape index (κ2) is 4.61. The Morgan fingerprint density at radius 3 is 3.11 bits per heavy atom. The van der Waals surface area contributed by atoms with Gasteiger partial charge in [0.15, 0.2) is 0 Å². The fourth-order valence-electron chi connectivity index (χ4n) is 2.52. The van der Waals surface area contributed by atoms with Gasteiger partial charge in [-0.2, -0.15) is 0 Å². The van der Waals surface area contributed by atoms with Crippen molar-refractivity contribution in [3.05, 3.63) is 41.0 Å². The average molecular weight is 246 g/mol. The van der Waals surface area contributed by atoms with Gasteiger partial charge in [-0.1, -0.05) is 0 Å². The molecule has 1 aliphatic rings. The number of nitrogens with zero attached hydrogens (tertiary/aromatic N) is 1. The highest BCUT2D eigenvalue weighted by molar-refractivity contribution is 5.24. The number of rotatable bonds is 3. The highest BCUT2D eigenvalue weighted by Crippen LogP contribution is 2.30. The first-order chi connectivity index (χ1) is 8.74. The van der Waals surface area contributed by atoms with Crippen LogP contribution < -0.4 is 5.32 Å². The summed E-state index contributed by atoms with van der Waals surface area (Å²) in [5.41, 5.74) is 2.26. The molecule has 1 atom stereocenters. The molecule has 0 saturated carbocycles. The first-order valence-corrected chi connectivity index (χ1v) is 6.46. The first-order valence-electron chi connectivity index (χ1n) is 6.46. The van der Waals surface area contributed by atoms with Crippen LogP contribution in [0.5, 0.6) is 0 Å². The van der Waals surface area contributed by atoms with Crippen LogP contribution in [-0.4, -0.2) is 4.98 Å². The third kappa shape index (κ3) is 2.08. The van der Waals surface area contributed by atoms with E-state index in [4.69, 9.17) is 8.83 Å². The van der Waals surface area contributed by atoms with Crippen LogP contribution >= 0.6 is 0 Å². The Kier molecular flexibility index (Phi) is 2.96. The molecule has 1 unspecified atom stereocenters. The number of hydrogen-bond acceptors (Lipinski definition) is 4. The minimum absolute atomic E-state index is 0.361. The number of hydrogen-bond donors (Lipinski definition) is 1. The first kappa shape index (κ1) is 11.5. The maximum absolute atomic E-state index is 5.58. The van der Waals surface area contributed by atoms with Gasteiger partial charge in [-0.3, -0.25) is 0 Å². The van der Waals surface area contributed by atoms with Crippen LogP contribution in [0.15, 0.2) is 21.2 Å². The van der Waals surface area contributed by atoms with E-state index in [1.807, 2.05) is 13.8 Å². The van der Waals surface area contributed by atoms with Crippen LogP contribution in [0.3, 0.4) is 0 Å². The molecule has 4 heteroatoms. The molecule has 1 aliphatic carbocycles. The maximum atomic E-state index is 5.58. The van der Waals surface area contributed by atoms with Crippen LogP contribution in [0.25, 0.3) is 0 Å². The number of fused-ring (bicyclic) bond motifs is 1. The van der Waals surface area contributed by atoms with Crippen molar-refractivity contribution in [1.29, 1.82) is 0 Å². The van der Waals surface area contributed by atoms with E-state index < -0.39 is 0 Å². The van der Waals surface area contributed by atoms with Crippen LogP contribution in [0.1, 0.15) is 47.6 Å². The summed E-state index contributed by atoms with van der Waals surface area (Å²) in [6.07, 6.45) is 5.15. The summed E-state index contributed by atoms with van der Waals surface area (Å²) >= 11 is 0. The van der Waals surface area contributed by atoms with Crippen molar-refractivity contribution in [2.24, 2.45) is 0 Å². The van der Waals surface area contributed by atoms with Crippen LogP contribution in [0, 0.1) is 13.8 Å². The Hall–Kier alpha value is -1.55. The maximum Gasteiger partial charge on any atom is 0.208 e. The molecule has 0 amide bonds. The molecule has 96 valence electrons. The predicted octanol–water partition coefficient (Wildman–Crippen LogP) is 3.05. The van der Waals surface area contributed by atoms with Crippen molar-refractivity contribution in [1.82, 2.24) is 10.3 Å². The zero-order chi connectivity index (χ0) is 12.5. The molecule has 3 rings (SSSR count). The van der Waals surface area contributed by atoms with Crippen LogP contribution in [0.2, 0.25) is 0 Å². The second-order valence-electron chi connectivity index (χ2n) is 4.87. The fraction of sp³-hybridized carbons (Fsp3) is 0.500. The highest BCUT2D eigenvalue weighted by Gasteiger charge is 2.22. The third-order valence-electron chi connectivity index (χ3n) is 3.62. The average Bonchev–Trinajstić information content (AvgIpc) is 2.94. The summed E-state index contributed by atoms with van der Waals surface area (Å²) in [5, 5.41) is 3.50. The predicted molar refractivity (Wildman–Crippen MR) is 67.2 cm³/mol. The summed E-state index contributed by atoms with van der Waals surface area (Å²) in [5.74, 6) is 2.79.